The molecule has 2 rings (SSSR count). The predicted octanol–water partition coefficient (Wildman–Crippen LogP) is 4.35. The monoisotopic (exact) mass is 313 g/mol. The van der Waals surface area contributed by atoms with Crippen molar-refractivity contribution in [2.75, 3.05) is 6.54 Å². The highest BCUT2D eigenvalue weighted by Crippen LogP contribution is 2.32. The maximum atomic E-state index is 13.8. The lowest BCUT2D eigenvalue weighted by Gasteiger charge is -2.17. The second-order valence-corrected chi connectivity index (χ2v) is 6.15. The minimum Gasteiger partial charge on any atom is -0.306 e. The molecule has 0 spiro atoms. The second-order valence-electron chi connectivity index (χ2n) is 3.65. The van der Waals surface area contributed by atoms with Gasteiger partial charge in [-0.25, -0.2) is 4.39 Å². The Morgan fingerprint density at radius 1 is 1.29 bits per heavy atom. The number of halogens is 2. The van der Waals surface area contributed by atoms with Crippen molar-refractivity contribution in [2.24, 2.45) is 0 Å². The molecule has 0 radical (unpaired) electrons. The van der Waals surface area contributed by atoms with Crippen LogP contribution in [0, 0.1) is 5.82 Å². The van der Waals surface area contributed by atoms with Crippen LogP contribution in [0.2, 0.25) is 0 Å². The molecule has 0 fully saturated rings. The lowest BCUT2D eigenvalue weighted by Crippen LogP contribution is -2.22. The van der Waals surface area contributed by atoms with Gasteiger partial charge >= 0.3 is 0 Å². The van der Waals surface area contributed by atoms with Crippen molar-refractivity contribution in [3.05, 3.63) is 56.4 Å². The quantitative estimate of drug-likeness (QED) is 0.885. The summed E-state index contributed by atoms with van der Waals surface area (Å²) >= 11 is 5.07. The molecule has 1 aromatic heterocycles. The zero-order valence-electron chi connectivity index (χ0n) is 9.41. The van der Waals surface area contributed by atoms with Crippen molar-refractivity contribution in [2.45, 2.75) is 13.0 Å². The fraction of sp³-hybridized carbons (Fsp3) is 0.231. The average Bonchev–Trinajstić information content (AvgIpc) is 2.74. The fourth-order valence-corrected chi connectivity index (χ4v) is 3.28. The Bertz CT molecular complexity index is 498. The molecule has 2 aromatic rings. The van der Waals surface area contributed by atoms with Gasteiger partial charge in [0.15, 0.2) is 0 Å². The summed E-state index contributed by atoms with van der Waals surface area (Å²) in [7, 11) is 0. The first kappa shape index (κ1) is 12.7. The standard InChI is InChI=1S/C13H13BrFNS/c1-2-16-13(11-7-8-12(14)17-11)9-5-3-4-6-10(9)15/h3-8,13,16H,2H2,1H3. The molecule has 1 aromatic carbocycles. The number of hydrogen-bond acceptors (Lipinski definition) is 2. The van der Waals surface area contributed by atoms with E-state index >= 15 is 0 Å². The Morgan fingerprint density at radius 2 is 2.06 bits per heavy atom. The molecule has 1 atom stereocenters. The third-order valence-corrected chi connectivity index (χ3v) is 4.19. The van der Waals surface area contributed by atoms with E-state index in [2.05, 4.69) is 21.2 Å². The fourth-order valence-electron chi connectivity index (χ4n) is 1.76. The Morgan fingerprint density at radius 3 is 2.65 bits per heavy atom. The van der Waals surface area contributed by atoms with Gasteiger partial charge in [-0.15, -0.1) is 11.3 Å². The summed E-state index contributed by atoms with van der Waals surface area (Å²) in [6.45, 7) is 2.82. The Labute approximate surface area is 113 Å². The molecular weight excluding hydrogens is 301 g/mol. The molecule has 90 valence electrons. The molecule has 1 N–H and O–H groups in total. The third kappa shape index (κ3) is 2.94. The molecule has 0 saturated heterocycles. The van der Waals surface area contributed by atoms with E-state index in [1.807, 2.05) is 31.2 Å². The molecule has 17 heavy (non-hydrogen) atoms. The molecule has 0 saturated carbocycles. The minimum absolute atomic E-state index is 0.0718. The lowest BCUT2D eigenvalue weighted by atomic mass is 10.0. The number of benzene rings is 1. The van der Waals surface area contributed by atoms with Crippen LogP contribution in [0.3, 0.4) is 0 Å². The van der Waals surface area contributed by atoms with E-state index in [0.717, 1.165) is 15.2 Å². The zero-order chi connectivity index (χ0) is 12.3. The molecule has 0 aliphatic carbocycles. The van der Waals surface area contributed by atoms with Crippen molar-refractivity contribution >= 4 is 27.3 Å². The normalized spacial score (nSPS) is 12.6. The predicted molar refractivity (Wildman–Crippen MR) is 73.9 cm³/mol. The van der Waals surface area contributed by atoms with E-state index in [4.69, 9.17) is 0 Å². The van der Waals surface area contributed by atoms with Gasteiger partial charge in [-0.05, 0) is 40.7 Å². The number of thiophene rings is 1. The van der Waals surface area contributed by atoms with Crippen LogP contribution in [0.15, 0.2) is 40.2 Å². The largest absolute Gasteiger partial charge is 0.306 e. The van der Waals surface area contributed by atoms with Crippen molar-refractivity contribution < 1.29 is 4.39 Å². The number of nitrogens with one attached hydrogen (secondary N) is 1. The van der Waals surface area contributed by atoms with Gasteiger partial charge in [0.25, 0.3) is 0 Å². The van der Waals surface area contributed by atoms with E-state index in [-0.39, 0.29) is 11.9 Å². The highest BCUT2D eigenvalue weighted by molar-refractivity contribution is 9.11. The summed E-state index contributed by atoms with van der Waals surface area (Å²) < 4.78 is 14.9. The maximum Gasteiger partial charge on any atom is 0.128 e. The van der Waals surface area contributed by atoms with Crippen LogP contribution in [0.5, 0.6) is 0 Å². The highest BCUT2D eigenvalue weighted by Gasteiger charge is 2.17. The van der Waals surface area contributed by atoms with Gasteiger partial charge in [0.05, 0.1) is 9.83 Å². The first-order chi connectivity index (χ1) is 8.22. The van der Waals surface area contributed by atoms with E-state index in [9.17, 15) is 4.39 Å². The van der Waals surface area contributed by atoms with Gasteiger partial charge < -0.3 is 5.32 Å². The van der Waals surface area contributed by atoms with Gasteiger partial charge in [-0.1, -0.05) is 25.1 Å². The van der Waals surface area contributed by atoms with Crippen molar-refractivity contribution in [1.29, 1.82) is 0 Å². The van der Waals surface area contributed by atoms with E-state index in [1.165, 1.54) is 6.07 Å². The van der Waals surface area contributed by atoms with Crippen LogP contribution in [0.4, 0.5) is 4.39 Å². The molecule has 0 amide bonds. The highest BCUT2D eigenvalue weighted by atomic mass is 79.9. The molecule has 0 aliphatic heterocycles. The summed E-state index contributed by atoms with van der Waals surface area (Å²) in [6.07, 6.45) is 0. The Hall–Kier alpha value is -0.710. The maximum absolute atomic E-state index is 13.8. The smallest absolute Gasteiger partial charge is 0.128 e. The van der Waals surface area contributed by atoms with Crippen LogP contribution in [0.25, 0.3) is 0 Å². The third-order valence-electron chi connectivity index (χ3n) is 2.50. The average molecular weight is 314 g/mol. The summed E-state index contributed by atoms with van der Waals surface area (Å²) in [4.78, 5) is 1.11. The van der Waals surface area contributed by atoms with Crippen LogP contribution in [-0.2, 0) is 0 Å². The van der Waals surface area contributed by atoms with Crippen molar-refractivity contribution in [3.63, 3.8) is 0 Å². The van der Waals surface area contributed by atoms with Gasteiger partial charge in [0, 0.05) is 10.4 Å². The molecule has 0 bridgehead atoms. The molecular formula is C13H13BrFNS. The van der Waals surface area contributed by atoms with Gasteiger partial charge in [-0.3, -0.25) is 0 Å². The second kappa shape index (κ2) is 5.76. The Balaban J connectivity index is 2.39. The minimum atomic E-state index is -0.164. The van der Waals surface area contributed by atoms with Crippen LogP contribution in [0.1, 0.15) is 23.4 Å². The molecule has 1 nitrogen and oxygen atoms in total. The molecule has 1 unspecified atom stereocenters. The van der Waals surface area contributed by atoms with Crippen LogP contribution in [-0.4, -0.2) is 6.54 Å². The summed E-state index contributed by atoms with van der Waals surface area (Å²) in [6, 6.07) is 10.9. The van der Waals surface area contributed by atoms with Crippen molar-refractivity contribution in [1.82, 2.24) is 5.32 Å². The molecule has 0 aliphatic rings. The van der Waals surface area contributed by atoms with Crippen molar-refractivity contribution in [3.8, 4) is 0 Å². The van der Waals surface area contributed by atoms with E-state index < -0.39 is 0 Å². The van der Waals surface area contributed by atoms with Crippen LogP contribution < -0.4 is 5.32 Å². The lowest BCUT2D eigenvalue weighted by molar-refractivity contribution is 0.563. The first-order valence-corrected chi connectivity index (χ1v) is 7.06. The van der Waals surface area contributed by atoms with Gasteiger partial charge in [0.2, 0.25) is 0 Å². The first-order valence-electron chi connectivity index (χ1n) is 5.45. The number of rotatable bonds is 4. The SMILES string of the molecule is CCNC(c1ccc(Br)s1)c1ccccc1F. The zero-order valence-corrected chi connectivity index (χ0v) is 11.8. The molecule has 1 heterocycles. The van der Waals surface area contributed by atoms with Crippen LogP contribution >= 0.6 is 27.3 Å². The molecule has 4 heteroatoms. The topological polar surface area (TPSA) is 12.0 Å². The number of hydrogen-bond donors (Lipinski definition) is 1. The van der Waals surface area contributed by atoms with Gasteiger partial charge in [0.1, 0.15) is 5.82 Å². The summed E-state index contributed by atoms with van der Waals surface area (Å²) in [5.41, 5.74) is 0.698. The summed E-state index contributed by atoms with van der Waals surface area (Å²) in [5.74, 6) is -0.164. The Kier molecular flexibility index (Phi) is 4.31. The summed E-state index contributed by atoms with van der Waals surface area (Å²) in [5, 5.41) is 3.32. The van der Waals surface area contributed by atoms with E-state index in [1.54, 1.807) is 17.4 Å². The van der Waals surface area contributed by atoms with E-state index in [0.29, 0.717) is 5.56 Å². The van der Waals surface area contributed by atoms with Gasteiger partial charge in [-0.2, -0.15) is 0 Å².